The number of hydrogen-bond acceptors (Lipinski definition) is 2. The fraction of sp³-hybridized carbons (Fsp3) is 0.417. The molecule has 0 amide bonds. The maximum absolute atomic E-state index is 12.9. The molecule has 0 heterocycles. The Kier molecular flexibility index (Phi) is 6.49. The molecule has 2 N–H and O–H groups in total. The van der Waals surface area contributed by atoms with Crippen LogP contribution in [0.2, 0.25) is 0 Å². The van der Waals surface area contributed by atoms with Gasteiger partial charge in [0.2, 0.25) is 0 Å². The molecular weight excluding hydrogens is 212 g/mol. The topological polar surface area (TPSA) is 43.1 Å². The lowest BCUT2D eigenvalue weighted by atomic mass is 10.0. The molecular formula is C12H19F2NO. The average molecular weight is 231 g/mol. The van der Waals surface area contributed by atoms with Gasteiger partial charge in [0.15, 0.2) is 11.6 Å². The number of benzene rings is 1. The smallest absolute Gasteiger partial charge is 0.161 e. The third-order valence-electron chi connectivity index (χ3n) is 1.92. The predicted octanol–water partition coefficient (Wildman–Crippen LogP) is 2.61. The summed E-state index contributed by atoms with van der Waals surface area (Å²) in [5, 5.41) is 0. The Hall–Kier alpha value is -1.29. The Morgan fingerprint density at radius 1 is 1.44 bits per heavy atom. The summed E-state index contributed by atoms with van der Waals surface area (Å²) in [6, 6.07) is 1.88. The van der Waals surface area contributed by atoms with E-state index in [1.807, 2.05) is 13.8 Å². The number of carbonyl (C=O) groups is 1. The molecule has 0 fully saturated rings. The van der Waals surface area contributed by atoms with Crippen molar-refractivity contribution in [2.45, 2.75) is 33.2 Å². The van der Waals surface area contributed by atoms with Crippen LogP contribution in [-0.2, 0) is 11.2 Å². The van der Waals surface area contributed by atoms with Crippen LogP contribution in [0.25, 0.3) is 0 Å². The van der Waals surface area contributed by atoms with E-state index in [-0.39, 0.29) is 13.4 Å². The molecule has 0 saturated carbocycles. The molecule has 0 aliphatic rings. The molecule has 0 aromatic heterocycles. The Morgan fingerprint density at radius 2 is 2.00 bits per heavy atom. The van der Waals surface area contributed by atoms with Crippen LogP contribution in [0.5, 0.6) is 0 Å². The van der Waals surface area contributed by atoms with Crippen molar-refractivity contribution in [1.29, 1.82) is 0 Å². The molecule has 0 saturated heterocycles. The van der Waals surface area contributed by atoms with Gasteiger partial charge in [-0.15, -0.1) is 0 Å². The summed E-state index contributed by atoms with van der Waals surface area (Å²) in [7, 11) is 0. The SMILES string of the molecule is CC.Cc1cc(C[C@H](N)C=O)cc(F)c1F.[HH]. The molecule has 0 radical (unpaired) electrons. The maximum atomic E-state index is 12.9. The van der Waals surface area contributed by atoms with Gasteiger partial charge in [-0.1, -0.05) is 19.9 Å². The van der Waals surface area contributed by atoms with Crippen LogP contribution in [0, 0.1) is 18.6 Å². The zero-order chi connectivity index (χ0) is 12.7. The summed E-state index contributed by atoms with van der Waals surface area (Å²) in [6.45, 7) is 5.47. The molecule has 1 aromatic rings. The summed E-state index contributed by atoms with van der Waals surface area (Å²) in [6.07, 6.45) is 0.804. The standard InChI is InChI=1S/C10H11F2NO.C2H6.H2/c1-6-2-7(3-8(13)5-14)4-9(11)10(6)12;1-2;/h2,4-5,8H,3,13H2,1H3;1-2H3;1H/t8-;;/m0../s1. The van der Waals surface area contributed by atoms with Crippen molar-refractivity contribution in [3.05, 3.63) is 34.9 Å². The van der Waals surface area contributed by atoms with Gasteiger partial charge in [-0.25, -0.2) is 8.78 Å². The van der Waals surface area contributed by atoms with Gasteiger partial charge in [0.25, 0.3) is 0 Å². The van der Waals surface area contributed by atoms with Gasteiger partial charge < -0.3 is 10.5 Å². The molecule has 0 aliphatic carbocycles. The van der Waals surface area contributed by atoms with E-state index in [1.165, 1.54) is 13.0 Å². The van der Waals surface area contributed by atoms with Gasteiger partial charge >= 0.3 is 0 Å². The van der Waals surface area contributed by atoms with Gasteiger partial charge in [0, 0.05) is 1.43 Å². The second kappa shape index (κ2) is 7.06. The summed E-state index contributed by atoms with van der Waals surface area (Å²) in [5.41, 5.74) is 6.11. The molecule has 92 valence electrons. The van der Waals surface area contributed by atoms with Crippen molar-refractivity contribution in [3.8, 4) is 0 Å². The lowest BCUT2D eigenvalue weighted by molar-refractivity contribution is -0.108. The molecule has 0 unspecified atom stereocenters. The highest BCUT2D eigenvalue weighted by Gasteiger charge is 2.09. The minimum atomic E-state index is -0.905. The zero-order valence-electron chi connectivity index (χ0n) is 9.76. The number of aryl methyl sites for hydroxylation is 1. The van der Waals surface area contributed by atoms with E-state index in [9.17, 15) is 13.6 Å². The number of halogens is 2. The largest absolute Gasteiger partial charge is 0.321 e. The maximum Gasteiger partial charge on any atom is 0.161 e. The first-order valence-electron chi connectivity index (χ1n) is 5.20. The molecule has 2 nitrogen and oxygen atoms in total. The molecule has 4 heteroatoms. The highest BCUT2D eigenvalue weighted by molar-refractivity contribution is 5.57. The van der Waals surface area contributed by atoms with E-state index in [0.29, 0.717) is 11.8 Å². The van der Waals surface area contributed by atoms with E-state index in [1.54, 1.807) is 0 Å². The summed E-state index contributed by atoms with van der Waals surface area (Å²) >= 11 is 0. The number of hydrogen-bond donors (Lipinski definition) is 1. The highest BCUT2D eigenvalue weighted by Crippen LogP contribution is 2.14. The zero-order valence-corrected chi connectivity index (χ0v) is 9.76. The number of carbonyl (C=O) groups excluding carboxylic acids is 1. The third kappa shape index (κ3) is 4.06. The van der Waals surface area contributed by atoms with Gasteiger partial charge in [-0.05, 0) is 30.5 Å². The van der Waals surface area contributed by atoms with Crippen LogP contribution in [-0.4, -0.2) is 12.3 Å². The molecule has 1 atom stereocenters. The summed E-state index contributed by atoms with van der Waals surface area (Å²) in [5.74, 6) is -1.76. The molecule has 0 spiro atoms. The van der Waals surface area contributed by atoms with Crippen LogP contribution in [0.4, 0.5) is 8.78 Å². The van der Waals surface area contributed by atoms with Gasteiger partial charge in [-0.2, -0.15) is 0 Å². The molecule has 1 rings (SSSR count). The lowest BCUT2D eigenvalue weighted by Crippen LogP contribution is -2.24. The van der Waals surface area contributed by atoms with E-state index in [2.05, 4.69) is 0 Å². The fourth-order valence-corrected chi connectivity index (χ4v) is 1.24. The van der Waals surface area contributed by atoms with Crippen molar-refractivity contribution in [2.24, 2.45) is 5.73 Å². The monoisotopic (exact) mass is 231 g/mol. The quantitative estimate of drug-likeness (QED) is 0.812. The van der Waals surface area contributed by atoms with Crippen LogP contribution < -0.4 is 5.73 Å². The lowest BCUT2D eigenvalue weighted by Gasteiger charge is -2.06. The Labute approximate surface area is 95.9 Å². The normalized spacial score (nSPS) is 11.4. The third-order valence-corrected chi connectivity index (χ3v) is 1.92. The first-order chi connectivity index (χ1) is 7.54. The van der Waals surface area contributed by atoms with Crippen molar-refractivity contribution in [2.75, 3.05) is 0 Å². The Bertz CT molecular complexity index is 335. The Morgan fingerprint density at radius 3 is 2.44 bits per heavy atom. The molecule has 0 bridgehead atoms. The number of rotatable bonds is 3. The number of nitrogens with two attached hydrogens (primary N) is 1. The van der Waals surface area contributed by atoms with Crippen molar-refractivity contribution in [1.82, 2.24) is 0 Å². The molecule has 16 heavy (non-hydrogen) atoms. The molecule has 1 aromatic carbocycles. The second-order valence-corrected chi connectivity index (χ2v) is 3.21. The minimum absolute atomic E-state index is 0. The van der Waals surface area contributed by atoms with E-state index in [0.717, 1.165) is 6.07 Å². The van der Waals surface area contributed by atoms with E-state index >= 15 is 0 Å². The van der Waals surface area contributed by atoms with Crippen molar-refractivity contribution in [3.63, 3.8) is 0 Å². The van der Waals surface area contributed by atoms with Crippen LogP contribution in [0.15, 0.2) is 12.1 Å². The van der Waals surface area contributed by atoms with Crippen LogP contribution in [0.3, 0.4) is 0 Å². The summed E-state index contributed by atoms with van der Waals surface area (Å²) in [4.78, 5) is 10.3. The second-order valence-electron chi connectivity index (χ2n) is 3.21. The van der Waals surface area contributed by atoms with E-state index in [4.69, 9.17) is 5.73 Å². The highest BCUT2D eigenvalue weighted by atomic mass is 19.2. The van der Waals surface area contributed by atoms with E-state index < -0.39 is 17.7 Å². The fourth-order valence-electron chi connectivity index (χ4n) is 1.24. The van der Waals surface area contributed by atoms with Gasteiger partial charge in [0.05, 0.1) is 6.04 Å². The first-order valence-corrected chi connectivity index (χ1v) is 5.20. The van der Waals surface area contributed by atoms with Crippen LogP contribution in [0.1, 0.15) is 26.4 Å². The summed E-state index contributed by atoms with van der Waals surface area (Å²) < 4.78 is 25.7. The number of aldehydes is 1. The van der Waals surface area contributed by atoms with Gasteiger partial charge in [-0.3, -0.25) is 0 Å². The Balaban J connectivity index is 0. The van der Waals surface area contributed by atoms with Gasteiger partial charge in [0.1, 0.15) is 6.29 Å². The average Bonchev–Trinajstić information content (AvgIpc) is 2.28. The molecule has 0 aliphatic heterocycles. The first kappa shape index (κ1) is 14.7. The minimum Gasteiger partial charge on any atom is -0.321 e. The van der Waals surface area contributed by atoms with Crippen molar-refractivity contribution >= 4 is 6.29 Å². The predicted molar refractivity (Wildman–Crippen MR) is 62.3 cm³/mol. The van der Waals surface area contributed by atoms with Crippen LogP contribution >= 0.6 is 0 Å². The van der Waals surface area contributed by atoms with Crippen molar-refractivity contribution < 1.29 is 15.0 Å².